The molecule has 0 saturated heterocycles. The molecule has 0 aliphatic carbocycles. The van der Waals surface area contributed by atoms with Crippen LogP contribution in [0.4, 0.5) is 4.39 Å². The van der Waals surface area contributed by atoms with Crippen LogP contribution in [-0.2, 0) is 12.8 Å². The van der Waals surface area contributed by atoms with E-state index in [9.17, 15) is 4.39 Å². The Balaban J connectivity index is 2.06. The summed E-state index contributed by atoms with van der Waals surface area (Å²) in [6.45, 7) is 6.57. The zero-order chi connectivity index (χ0) is 14.1. The first-order valence-electron chi connectivity index (χ1n) is 6.99. The lowest BCUT2D eigenvalue weighted by molar-refractivity contribution is 0.0296. The van der Waals surface area contributed by atoms with Crippen molar-refractivity contribution in [2.75, 3.05) is 13.2 Å². The topological polar surface area (TPSA) is 35.2 Å². The number of nitrogens with two attached hydrogens (primary N) is 1. The molecule has 1 heterocycles. The van der Waals surface area contributed by atoms with Crippen LogP contribution < -0.4 is 10.5 Å². The molecule has 0 amide bonds. The van der Waals surface area contributed by atoms with E-state index in [0.29, 0.717) is 6.42 Å². The number of benzene rings is 1. The number of aryl methyl sites for hydroxylation is 1. The smallest absolute Gasteiger partial charge is 0.128 e. The highest BCUT2D eigenvalue weighted by Crippen LogP contribution is 2.37. The van der Waals surface area contributed by atoms with Gasteiger partial charge in [0.2, 0.25) is 0 Å². The van der Waals surface area contributed by atoms with Crippen molar-refractivity contribution in [3.8, 4) is 5.75 Å². The Bertz CT molecular complexity index is 453. The average Bonchev–Trinajstić information content (AvgIpc) is 2.81. The summed E-state index contributed by atoms with van der Waals surface area (Å²) in [5.41, 5.74) is 6.32. The number of fused-ring (bicyclic) bond motifs is 1. The standard InChI is InChI=1S/C16H24FNO/c1-15(2,3)16(17,11-18)8-6-12-4-5-14-13(10-12)7-9-19-14/h4-5,10H,6-9,11,18H2,1-3H3. The third kappa shape index (κ3) is 2.92. The lowest BCUT2D eigenvalue weighted by atomic mass is 9.75. The first-order chi connectivity index (χ1) is 8.86. The van der Waals surface area contributed by atoms with Gasteiger partial charge >= 0.3 is 0 Å². The highest BCUT2D eigenvalue weighted by atomic mass is 19.1. The van der Waals surface area contributed by atoms with Gasteiger partial charge in [-0.3, -0.25) is 0 Å². The molecule has 1 aromatic rings. The molecular formula is C16H24FNO. The van der Waals surface area contributed by atoms with Gasteiger partial charge in [0.15, 0.2) is 0 Å². The number of rotatable bonds is 4. The maximum Gasteiger partial charge on any atom is 0.128 e. The minimum Gasteiger partial charge on any atom is -0.493 e. The fraction of sp³-hybridized carbons (Fsp3) is 0.625. The molecule has 0 radical (unpaired) electrons. The summed E-state index contributed by atoms with van der Waals surface area (Å²) in [6, 6.07) is 6.17. The Hall–Kier alpha value is -1.09. The van der Waals surface area contributed by atoms with Crippen molar-refractivity contribution in [1.29, 1.82) is 0 Å². The summed E-state index contributed by atoms with van der Waals surface area (Å²) in [5, 5.41) is 0. The van der Waals surface area contributed by atoms with E-state index < -0.39 is 11.1 Å². The number of hydrogen-bond donors (Lipinski definition) is 1. The molecule has 0 fully saturated rings. The largest absolute Gasteiger partial charge is 0.493 e. The van der Waals surface area contributed by atoms with E-state index in [2.05, 4.69) is 6.07 Å². The Morgan fingerprint density at radius 2 is 2.05 bits per heavy atom. The minimum atomic E-state index is -1.32. The van der Waals surface area contributed by atoms with Crippen LogP contribution in [0.2, 0.25) is 0 Å². The fourth-order valence-electron chi connectivity index (χ4n) is 2.52. The third-order valence-electron chi connectivity index (χ3n) is 4.23. The molecule has 0 spiro atoms. The molecule has 0 bridgehead atoms. The zero-order valence-electron chi connectivity index (χ0n) is 12.1. The lowest BCUT2D eigenvalue weighted by Gasteiger charge is -2.37. The van der Waals surface area contributed by atoms with E-state index in [1.54, 1.807) is 0 Å². The second-order valence-corrected chi connectivity index (χ2v) is 6.46. The van der Waals surface area contributed by atoms with Crippen LogP contribution in [0, 0.1) is 5.41 Å². The molecule has 0 aromatic heterocycles. The highest BCUT2D eigenvalue weighted by molar-refractivity contribution is 5.39. The van der Waals surface area contributed by atoms with E-state index >= 15 is 0 Å². The van der Waals surface area contributed by atoms with E-state index in [1.165, 1.54) is 11.1 Å². The molecule has 1 unspecified atom stereocenters. The van der Waals surface area contributed by atoms with Crippen LogP contribution in [0.5, 0.6) is 5.75 Å². The van der Waals surface area contributed by atoms with E-state index in [4.69, 9.17) is 10.5 Å². The minimum absolute atomic E-state index is 0.0740. The molecule has 19 heavy (non-hydrogen) atoms. The predicted octanol–water partition coefficient (Wildman–Crippen LogP) is 3.27. The van der Waals surface area contributed by atoms with E-state index in [-0.39, 0.29) is 6.54 Å². The van der Waals surface area contributed by atoms with Crippen LogP contribution in [0.15, 0.2) is 18.2 Å². The van der Waals surface area contributed by atoms with Crippen molar-refractivity contribution < 1.29 is 9.13 Å². The summed E-state index contributed by atoms with van der Waals surface area (Å²) in [6.07, 6.45) is 2.14. The average molecular weight is 265 g/mol. The lowest BCUT2D eigenvalue weighted by Crippen LogP contribution is -2.45. The fourth-order valence-corrected chi connectivity index (χ4v) is 2.52. The molecule has 1 aromatic carbocycles. The predicted molar refractivity (Wildman–Crippen MR) is 76.3 cm³/mol. The number of alkyl halides is 1. The molecule has 1 aliphatic rings. The van der Waals surface area contributed by atoms with Gasteiger partial charge < -0.3 is 10.5 Å². The van der Waals surface area contributed by atoms with Crippen LogP contribution in [-0.4, -0.2) is 18.8 Å². The summed E-state index contributed by atoms with van der Waals surface area (Å²) in [5.74, 6) is 0.977. The van der Waals surface area contributed by atoms with Crippen molar-refractivity contribution in [3.63, 3.8) is 0 Å². The van der Waals surface area contributed by atoms with Gasteiger partial charge in [0.1, 0.15) is 11.4 Å². The normalized spacial score (nSPS) is 17.7. The molecule has 106 valence electrons. The van der Waals surface area contributed by atoms with E-state index in [0.717, 1.165) is 25.2 Å². The van der Waals surface area contributed by atoms with Gasteiger partial charge in [-0.25, -0.2) is 4.39 Å². The van der Waals surface area contributed by atoms with Gasteiger partial charge in [0.25, 0.3) is 0 Å². The Morgan fingerprint density at radius 3 is 2.68 bits per heavy atom. The molecule has 0 saturated carbocycles. The van der Waals surface area contributed by atoms with Crippen LogP contribution >= 0.6 is 0 Å². The summed E-state index contributed by atoms with van der Waals surface area (Å²) in [4.78, 5) is 0. The monoisotopic (exact) mass is 265 g/mol. The maximum absolute atomic E-state index is 14.8. The summed E-state index contributed by atoms with van der Waals surface area (Å²) in [7, 11) is 0. The van der Waals surface area contributed by atoms with Gasteiger partial charge in [0.05, 0.1) is 6.61 Å². The summed E-state index contributed by atoms with van der Waals surface area (Å²) >= 11 is 0. The van der Waals surface area contributed by atoms with Gasteiger partial charge in [-0.2, -0.15) is 0 Å². The van der Waals surface area contributed by atoms with Gasteiger partial charge in [0, 0.05) is 13.0 Å². The second-order valence-electron chi connectivity index (χ2n) is 6.46. The highest BCUT2D eigenvalue weighted by Gasteiger charge is 2.40. The molecule has 1 atom stereocenters. The molecular weight excluding hydrogens is 241 g/mol. The van der Waals surface area contributed by atoms with Crippen molar-refractivity contribution >= 4 is 0 Å². The first-order valence-corrected chi connectivity index (χ1v) is 6.99. The Morgan fingerprint density at radius 1 is 1.32 bits per heavy atom. The second kappa shape index (κ2) is 5.12. The van der Waals surface area contributed by atoms with Crippen LogP contribution in [0.3, 0.4) is 0 Å². The number of halogens is 1. The van der Waals surface area contributed by atoms with Crippen LogP contribution in [0.1, 0.15) is 38.3 Å². The van der Waals surface area contributed by atoms with Crippen LogP contribution in [0.25, 0.3) is 0 Å². The van der Waals surface area contributed by atoms with Gasteiger partial charge in [-0.15, -0.1) is 0 Å². The maximum atomic E-state index is 14.8. The molecule has 2 rings (SSSR count). The number of ether oxygens (including phenoxy) is 1. The zero-order valence-corrected chi connectivity index (χ0v) is 12.1. The molecule has 3 heteroatoms. The molecule has 2 nitrogen and oxygen atoms in total. The SMILES string of the molecule is CC(C)(C)C(F)(CN)CCc1ccc2c(c1)CCO2. The van der Waals surface area contributed by atoms with Crippen molar-refractivity contribution in [2.45, 2.75) is 45.7 Å². The van der Waals surface area contributed by atoms with Gasteiger partial charge in [-0.1, -0.05) is 32.9 Å². The third-order valence-corrected chi connectivity index (χ3v) is 4.23. The van der Waals surface area contributed by atoms with E-state index in [1.807, 2.05) is 32.9 Å². The van der Waals surface area contributed by atoms with Crippen molar-refractivity contribution in [2.24, 2.45) is 11.1 Å². The Kier molecular flexibility index (Phi) is 3.86. The van der Waals surface area contributed by atoms with Crippen molar-refractivity contribution in [1.82, 2.24) is 0 Å². The first kappa shape index (κ1) is 14.3. The summed E-state index contributed by atoms with van der Waals surface area (Å²) < 4.78 is 20.3. The molecule has 2 N–H and O–H groups in total. The van der Waals surface area contributed by atoms with Gasteiger partial charge in [-0.05, 0) is 35.4 Å². The quantitative estimate of drug-likeness (QED) is 0.907. The molecule has 1 aliphatic heterocycles. The Labute approximate surface area is 115 Å². The van der Waals surface area contributed by atoms with Crippen molar-refractivity contribution in [3.05, 3.63) is 29.3 Å². The number of hydrogen-bond acceptors (Lipinski definition) is 2.